The number of methoxy groups -OCH3 is 3. The maximum atomic E-state index is 15.4. The summed E-state index contributed by atoms with van der Waals surface area (Å²) in [5, 5.41) is 0. The number of anilines is 2. The summed E-state index contributed by atoms with van der Waals surface area (Å²) in [5.74, 6) is 1.71. The summed E-state index contributed by atoms with van der Waals surface area (Å²) in [6.07, 6.45) is 2.33. The number of nitrogens with zero attached hydrogens (tertiary/aromatic N) is 3. The van der Waals surface area contributed by atoms with Crippen molar-refractivity contribution in [3.63, 3.8) is 0 Å². The average molecular weight is 876 g/mol. The largest absolute Gasteiger partial charge is 0.497 e. The van der Waals surface area contributed by atoms with Gasteiger partial charge in [0.05, 0.1) is 25.8 Å². The van der Waals surface area contributed by atoms with Crippen molar-refractivity contribution in [2.24, 2.45) is 5.92 Å². The highest BCUT2D eigenvalue weighted by Gasteiger charge is 2.44. The summed E-state index contributed by atoms with van der Waals surface area (Å²) < 4.78 is 46.6. The van der Waals surface area contributed by atoms with Gasteiger partial charge in [-0.25, -0.2) is 4.79 Å². The monoisotopic (exact) mass is 875 g/mol. The highest BCUT2D eigenvalue weighted by Crippen LogP contribution is 2.44. The van der Waals surface area contributed by atoms with E-state index in [9.17, 15) is 9.59 Å². The molecule has 15 heteroatoms. The predicted octanol–water partition coefficient (Wildman–Crippen LogP) is 8.27. The lowest BCUT2D eigenvalue weighted by molar-refractivity contribution is -0.124. The van der Waals surface area contributed by atoms with Crippen molar-refractivity contribution in [3.8, 4) is 28.7 Å². The lowest BCUT2D eigenvalue weighted by Crippen LogP contribution is -2.51. The van der Waals surface area contributed by atoms with E-state index < -0.39 is 25.7 Å². The Morgan fingerprint density at radius 1 is 0.871 bits per heavy atom. The minimum Gasteiger partial charge on any atom is -0.497 e. The Labute approximate surface area is 367 Å². The quantitative estimate of drug-likeness (QED) is 0.0655. The highest BCUT2D eigenvalue weighted by atomic mass is 28.3. The number of ether oxygens (including phenoxy) is 8. The second kappa shape index (κ2) is 20.5. The molecule has 3 aromatic carbocycles. The second-order valence-electron chi connectivity index (χ2n) is 18.4. The molecule has 0 radical (unpaired) electrons. The van der Waals surface area contributed by atoms with Gasteiger partial charge in [-0.15, -0.1) is 0 Å². The normalized spacial score (nSPS) is 17.8. The fraction of sp³-hybridized carbons (Fsp3) is 0.553. The molecular weight excluding hydrogens is 811 g/mol. The van der Waals surface area contributed by atoms with Gasteiger partial charge in [-0.05, 0) is 112 Å². The third-order valence-electron chi connectivity index (χ3n) is 11.1. The number of piperidine rings is 1. The maximum absolute atomic E-state index is 15.4. The Kier molecular flexibility index (Phi) is 15.3. The van der Waals surface area contributed by atoms with E-state index in [1.807, 2.05) is 74.2 Å². The highest BCUT2D eigenvalue weighted by molar-refractivity contribution is 6.76. The fourth-order valence-electron chi connectivity index (χ4n) is 7.71. The molecule has 3 aliphatic rings. The fourth-order valence-corrected chi connectivity index (χ4v) is 8.47. The van der Waals surface area contributed by atoms with Crippen molar-refractivity contribution >= 4 is 37.4 Å². The van der Waals surface area contributed by atoms with E-state index in [-0.39, 0.29) is 50.3 Å². The summed E-state index contributed by atoms with van der Waals surface area (Å²) in [4.78, 5) is 47.4. The summed E-state index contributed by atoms with van der Waals surface area (Å²) in [6, 6.07) is 17.9. The lowest BCUT2D eigenvalue weighted by Gasteiger charge is -2.41. The minimum atomic E-state index is -1.31. The van der Waals surface area contributed by atoms with Crippen LogP contribution in [0.5, 0.6) is 28.7 Å². The first-order valence-corrected chi connectivity index (χ1v) is 25.3. The molecule has 1 saturated carbocycles. The van der Waals surface area contributed by atoms with Crippen molar-refractivity contribution in [2.75, 3.05) is 77.4 Å². The van der Waals surface area contributed by atoms with Gasteiger partial charge >= 0.3 is 6.09 Å². The van der Waals surface area contributed by atoms with Crippen LogP contribution in [0.15, 0.2) is 54.6 Å². The van der Waals surface area contributed by atoms with Crippen LogP contribution in [0.4, 0.5) is 16.2 Å². The smallest absolute Gasteiger partial charge is 0.410 e. The summed E-state index contributed by atoms with van der Waals surface area (Å²) >= 11 is 0. The van der Waals surface area contributed by atoms with Crippen molar-refractivity contribution < 1.29 is 52.3 Å². The van der Waals surface area contributed by atoms with Gasteiger partial charge in [0.2, 0.25) is 5.91 Å². The number of likely N-dealkylation sites (tertiary alicyclic amines) is 1. The first-order chi connectivity index (χ1) is 29.5. The van der Waals surface area contributed by atoms with E-state index >= 15 is 4.79 Å². The van der Waals surface area contributed by atoms with Crippen LogP contribution in [-0.4, -0.2) is 110 Å². The SMILES string of the molecule is COCCCN1C(=O)COc2ccc(N(C(=O)C3CN(C(=O)OC(C)(C)C)CC[C@@H]3c3cc(OCOCC[Si](C)(C)C)cc(OCc4cc(OC)cc(OC)c4)c3)C3CC3)cc21. The van der Waals surface area contributed by atoms with Gasteiger partial charge in [0.1, 0.15) is 41.0 Å². The first-order valence-electron chi connectivity index (χ1n) is 21.6. The molecule has 2 atom stereocenters. The zero-order valence-corrected chi connectivity index (χ0v) is 39.0. The lowest BCUT2D eigenvalue weighted by atomic mass is 9.79. The number of rotatable bonds is 19. The van der Waals surface area contributed by atoms with Gasteiger partial charge in [-0.1, -0.05) is 19.6 Å². The number of hydrogen-bond donors (Lipinski definition) is 0. The van der Waals surface area contributed by atoms with Crippen LogP contribution in [0.2, 0.25) is 25.7 Å². The van der Waals surface area contributed by atoms with Gasteiger partial charge in [0, 0.05) is 71.9 Å². The molecule has 0 aromatic heterocycles. The van der Waals surface area contributed by atoms with Crippen molar-refractivity contribution in [2.45, 2.75) is 96.3 Å². The van der Waals surface area contributed by atoms with Crippen molar-refractivity contribution in [1.29, 1.82) is 0 Å². The van der Waals surface area contributed by atoms with Crippen LogP contribution in [-0.2, 0) is 30.4 Å². The third kappa shape index (κ3) is 12.6. The molecule has 6 rings (SSSR count). The molecule has 0 spiro atoms. The van der Waals surface area contributed by atoms with E-state index in [4.69, 9.17) is 37.9 Å². The molecule has 2 heterocycles. The number of carbonyl (C=O) groups excluding carboxylic acids is 3. The molecule has 0 N–H and O–H groups in total. The van der Waals surface area contributed by atoms with Gasteiger partial charge in [0.15, 0.2) is 13.4 Å². The third-order valence-corrected chi connectivity index (χ3v) is 12.8. The molecule has 1 aliphatic carbocycles. The summed E-state index contributed by atoms with van der Waals surface area (Å²) in [6.45, 7) is 14.7. The minimum absolute atomic E-state index is 0.0398. The van der Waals surface area contributed by atoms with Crippen molar-refractivity contribution in [3.05, 3.63) is 65.7 Å². The van der Waals surface area contributed by atoms with E-state index in [1.165, 1.54) is 0 Å². The van der Waals surface area contributed by atoms with E-state index in [1.54, 1.807) is 37.2 Å². The van der Waals surface area contributed by atoms with E-state index in [0.29, 0.717) is 79.3 Å². The number of fused-ring (bicyclic) bond motifs is 1. The molecule has 338 valence electrons. The Morgan fingerprint density at radius 3 is 2.21 bits per heavy atom. The van der Waals surface area contributed by atoms with E-state index in [2.05, 4.69) is 19.6 Å². The average Bonchev–Trinajstić information content (AvgIpc) is 4.07. The molecule has 3 aromatic rings. The molecule has 0 bridgehead atoms. The molecule has 2 aliphatic heterocycles. The Bertz CT molecular complexity index is 2010. The van der Waals surface area contributed by atoms with Crippen molar-refractivity contribution in [1.82, 2.24) is 4.90 Å². The van der Waals surface area contributed by atoms with Gasteiger partial charge in [-0.3, -0.25) is 9.59 Å². The summed E-state index contributed by atoms with van der Waals surface area (Å²) in [7, 11) is 3.54. The van der Waals surface area contributed by atoms with Crippen LogP contribution >= 0.6 is 0 Å². The maximum Gasteiger partial charge on any atom is 0.410 e. The molecule has 1 saturated heterocycles. The zero-order chi connectivity index (χ0) is 44.6. The van der Waals surface area contributed by atoms with Crippen LogP contribution in [0, 0.1) is 5.92 Å². The molecule has 2 fully saturated rings. The molecule has 3 amide bonds. The molecule has 1 unspecified atom stereocenters. The van der Waals surface area contributed by atoms with Gasteiger partial charge < -0.3 is 52.6 Å². The number of hydrogen-bond acceptors (Lipinski definition) is 11. The number of amides is 3. The summed E-state index contributed by atoms with van der Waals surface area (Å²) in [5.41, 5.74) is 2.26. The zero-order valence-electron chi connectivity index (χ0n) is 38.0. The molecule has 14 nitrogen and oxygen atoms in total. The number of carbonyl (C=O) groups is 3. The standard InChI is InChI=1S/C47H65N3O11Si/c1-47(2,3)61-46(53)48-17-15-40(41(28-48)45(52)50(34-11-12-34)35-13-14-43-42(25-35)49(16-10-18-54-4)44(51)30-59-43)33-23-38(27-39(24-33)60-31-57-19-20-62(7,8)9)58-29-32-21-36(55-5)26-37(22-32)56-6/h13-14,21-27,34,40-41H,10-12,15-20,28-31H2,1-9H3/t40-,41?/m1/s1. The Hall–Kier alpha value is -4.99. The molecular formula is C47H65N3O11Si. The van der Waals surface area contributed by atoms with Crippen LogP contribution in [0.25, 0.3) is 0 Å². The van der Waals surface area contributed by atoms with E-state index in [0.717, 1.165) is 30.0 Å². The van der Waals surface area contributed by atoms with Crippen LogP contribution in [0.3, 0.4) is 0 Å². The van der Waals surface area contributed by atoms with Gasteiger partial charge in [0.25, 0.3) is 5.91 Å². The van der Waals surface area contributed by atoms with Crippen LogP contribution < -0.4 is 33.5 Å². The first kappa shape index (κ1) is 46.5. The van der Waals surface area contributed by atoms with Gasteiger partial charge in [-0.2, -0.15) is 0 Å². The Morgan fingerprint density at radius 2 is 1.56 bits per heavy atom. The molecule has 62 heavy (non-hydrogen) atoms. The Balaban J connectivity index is 1.35. The second-order valence-corrected chi connectivity index (χ2v) is 24.0. The number of benzene rings is 3. The topological polar surface area (TPSA) is 135 Å². The predicted molar refractivity (Wildman–Crippen MR) is 240 cm³/mol. The van der Waals surface area contributed by atoms with Crippen LogP contribution in [0.1, 0.15) is 63.5 Å².